The summed E-state index contributed by atoms with van der Waals surface area (Å²) in [6, 6.07) is 0. The summed E-state index contributed by atoms with van der Waals surface area (Å²) < 4.78 is 159. The van der Waals surface area contributed by atoms with Gasteiger partial charge in [-0.25, -0.2) is 0 Å². The molecule has 25 atom stereocenters. The van der Waals surface area contributed by atoms with Crippen LogP contribution in [0.4, 0.5) is 0 Å². The van der Waals surface area contributed by atoms with E-state index in [1.54, 1.807) is 35.5 Å². The lowest BCUT2D eigenvalue weighted by atomic mass is 9.95. The summed E-state index contributed by atoms with van der Waals surface area (Å²) in [6.45, 7) is 0.142. The van der Waals surface area contributed by atoms with Crippen LogP contribution >= 0.6 is 0 Å². The van der Waals surface area contributed by atoms with Gasteiger partial charge < -0.3 is 118 Å². The minimum atomic E-state index is -1.13. The summed E-state index contributed by atoms with van der Waals surface area (Å²) in [6.07, 6.45) is -23.4. The fraction of sp³-hybridized carbons (Fsp3) is 1.00. The Labute approximate surface area is 411 Å². The summed E-state index contributed by atoms with van der Waals surface area (Å²) >= 11 is 0. The quantitative estimate of drug-likeness (QED) is 0.141. The van der Waals surface area contributed by atoms with Crippen molar-refractivity contribution in [2.75, 3.05) is 140 Å². The Balaban J connectivity index is 1.51. The summed E-state index contributed by atoms with van der Waals surface area (Å²) in [7, 11) is 22.9. The summed E-state index contributed by atoms with van der Waals surface area (Å²) in [5.74, 6) is 0. The highest BCUT2D eigenvalue weighted by Crippen LogP contribution is 2.41. The molecule has 25 heteroatoms. The van der Waals surface area contributed by atoms with Gasteiger partial charge in [-0.05, 0) is 0 Å². The van der Waals surface area contributed by atoms with Gasteiger partial charge in [-0.1, -0.05) is 0 Å². The van der Waals surface area contributed by atoms with Crippen LogP contribution in [0.15, 0.2) is 0 Å². The highest BCUT2D eigenvalue weighted by atomic mass is 16.8. The number of ether oxygens (including phenoxy) is 25. The Kier molecular flexibility index (Phi) is 23.5. The Morgan fingerprint density at radius 2 is 0.343 bits per heavy atom. The van der Waals surface area contributed by atoms with Gasteiger partial charge in [0.25, 0.3) is 0 Å². The Morgan fingerprint density at radius 3 is 0.457 bits per heavy atom. The van der Waals surface area contributed by atoms with Gasteiger partial charge in [0.2, 0.25) is 0 Å². The van der Waals surface area contributed by atoms with Gasteiger partial charge in [0.05, 0.1) is 33.0 Å². The first-order chi connectivity index (χ1) is 34.1. The molecule has 15 fully saturated rings. The summed E-state index contributed by atoms with van der Waals surface area (Å²) in [4.78, 5) is 0. The molecule has 70 heavy (non-hydrogen) atoms. The first kappa shape index (κ1) is 58.3. The normalized spacial score (nSPS) is 46.1. The van der Waals surface area contributed by atoms with Crippen LogP contribution in [-0.2, 0) is 118 Å². The second-order valence-electron chi connectivity index (χ2n) is 17.5. The monoisotopic (exact) mass is 1020 g/mol. The molecule has 0 unspecified atom stereocenters. The Hall–Kier alpha value is -1.00. The maximum atomic E-state index is 6.90. The number of hydrogen-bond donors (Lipinski definition) is 0. The van der Waals surface area contributed by atoms with E-state index in [9.17, 15) is 0 Å². The molecule has 0 radical (unpaired) electrons. The largest absolute Gasteiger partial charge is 0.382 e. The zero-order chi connectivity index (χ0) is 50.6. The summed E-state index contributed by atoms with van der Waals surface area (Å²) in [5, 5.41) is 0. The molecular formula is C45H80O25. The molecule has 0 N–H and O–H groups in total. The predicted molar refractivity (Wildman–Crippen MR) is 235 cm³/mol. The molecule has 0 amide bonds. The van der Waals surface area contributed by atoms with Gasteiger partial charge in [0.1, 0.15) is 122 Å². The third-order valence-electron chi connectivity index (χ3n) is 13.8. The van der Waals surface area contributed by atoms with E-state index in [1.165, 1.54) is 71.1 Å². The van der Waals surface area contributed by atoms with Gasteiger partial charge in [-0.3, -0.25) is 0 Å². The molecule has 10 bridgehead atoms. The van der Waals surface area contributed by atoms with Crippen LogP contribution < -0.4 is 0 Å². The van der Waals surface area contributed by atoms with E-state index in [0.717, 1.165) is 0 Å². The van der Waals surface area contributed by atoms with Crippen molar-refractivity contribution in [1.82, 2.24) is 0 Å². The van der Waals surface area contributed by atoms with Crippen molar-refractivity contribution >= 4 is 0 Å². The third-order valence-corrected chi connectivity index (χ3v) is 13.8. The van der Waals surface area contributed by atoms with E-state index in [4.69, 9.17) is 118 Å². The molecule has 0 aromatic carbocycles. The van der Waals surface area contributed by atoms with E-state index in [0.29, 0.717) is 0 Å². The van der Waals surface area contributed by atoms with Crippen molar-refractivity contribution in [2.45, 2.75) is 154 Å². The lowest BCUT2D eigenvalue weighted by Crippen LogP contribution is -2.68. The van der Waals surface area contributed by atoms with E-state index in [2.05, 4.69) is 0 Å². The number of methoxy groups -OCH3 is 15. The maximum absolute atomic E-state index is 6.90. The van der Waals surface area contributed by atoms with E-state index in [-0.39, 0.29) is 33.0 Å². The average Bonchev–Trinajstić information content (AvgIpc) is 3.36. The lowest BCUT2D eigenvalue weighted by Gasteiger charge is -2.52. The standard InChI is InChI=1S/C45H80O25/c1-46-16-21-26-31(51-6)36(56-11)41(61-21)67-27-22(17-47-2)63-43(38(58-13)32(27)52-7)69-29-24(19-49-4)65-45(40(60-15)34(29)54-9)70-30-25(20-50-5)64-44(39(59-14)35(30)55-10)68-28-23(18-48-3)62-42(66-26)37(57-12)33(28)53-8/h21-45H,16-20H2,1-15H3/t21-,22-,23-,24-,25-,26-,27-,28-,29-,30-,31+,32+,33+,34+,35+,36-,37-,38-,39-,40-,41-,42-,43-,44-,45-/m1/s1. The van der Waals surface area contributed by atoms with Crippen LogP contribution in [0.3, 0.4) is 0 Å². The fourth-order valence-electron chi connectivity index (χ4n) is 10.6. The first-order valence-electron chi connectivity index (χ1n) is 23.3. The van der Waals surface area contributed by atoms with Gasteiger partial charge >= 0.3 is 0 Å². The van der Waals surface area contributed by atoms with E-state index in [1.807, 2.05) is 0 Å². The molecule has 15 aliphatic heterocycles. The fourth-order valence-corrected chi connectivity index (χ4v) is 10.6. The minimum absolute atomic E-state index is 0.0284. The maximum Gasteiger partial charge on any atom is 0.187 e. The second-order valence-corrected chi connectivity index (χ2v) is 17.5. The van der Waals surface area contributed by atoms with Crippen molar-refractivity contribution in [3.8, 4) is 0 Å². The number of rotatable bonds is 20. The van der Waals surface area contributed by atoms with E-state index < -0.39 is 154 Å². The topological polar surface area (TPSA) is 231 Å². The first-order valence-corrected chi connectivity index (χ1v) is 23.3. The molecule has 15 rings (SSSR count). The molecule has 0 aliphatic carbocycles. The molecule has 0 spiro atoms. The molecule has 15 heterocycles. The molecular weight excluding hydrogens is 940 g/mol. The zero-order valence-corrected chi connectivity index (χ0v) is 43.2. The number of hydrogen-bond acceptors (Lipinski definition) is 25. The van der Waals surface area contributed by atoms with Crippen LogP contribution in [0.5, 0.6) is 0 Å². The molecule has 410 valence electrons. The van der Waals surface area contributed by atoms with Crippen molar-refractivity contribution in [2.24, 2.45) is 0 Å². The van der Waals surface area contributed by atoms with Gasteiger partial charge in [0.15, 0.2) is 31.5 Å². The predicted octanol–water partition coefficient (Wildman–Crippen LogP) is -1.07. The molecule has 25 nitrogen and oxygen atoms in total. The second kappa shape index (κ2) is 28.2. The Morgan fingerprint density at radius 1 is 0.200 bits per heavy atom. The van der Waals surface area contributed by atoms with Crippen LogP contribution in [0.1, 0.15) is 0 Å². The Bertz CT molecular complexity index is 1230. The summed E-state index contributed by atoms with van der Waals surface area (Å²) in [5.41, 5.74) is 0. The zero-order valence-electron chi connectivity index (χ0n) is 43.2. The van der Waals surface area contributed by atoms with Crippen LogP contribution in [0.25, 0.3) is 0 Å². The third kappa shape index (κ3) is 12.3. The van der Waals surface area contributed by atoms with Crippen LogP contribution in [0, 0.1) is 0 Å². The van der Waals surface area contributed by atoms with Gasteiger partial charge in [-0.2, -0.15) is 0 Å². The SMILES string of the molecule is COC[C@H]1O[C@@H]2O[C@H]3[C@H](OC)[C@@H](OC)[C@@H](O[C@H]4[C@H](OC)[C@@H](OC)[C@@H](O[C@H]5[C@H](OC)[C@@H](OC)[C@@H](O[C@H]6[C@H](OC)[C@@H](OC)[C@@H](O[C@H]1[C@H](OC)[C@H]2OC)O[C@@H]6COC)O[C@@H]5COC)O[C@@H]4COC)O[C@@H]3COC. The van der Waals surface area contributed by atoms with Gasteiger partial charge in [-0.15, -0.1) is 0 Å². The van der Waals surface area contributed by atoms with E-state index >= 15 is 0 Å². The van der Waals surface area contributed by atoms with Crippen LogP contribution in [0.2, 0.25) is 0 Å². The molecule has 15 aliphatic rings. The minimum Gasteiger partial charge on any atom is -0.382 e. The highest BCUT2D eigenvalue weighted by Gasteiger charge is 2.60. The lowest BCUT2D eigenvalue weighted by molar-refractivity contribution is -0.395. The average molecular weight is 1020 g/mol. The molecule has 15 saturated heterocycles. The molecule has 0 aromatic rings. The van der Waals surface area contributed by atoms with Crippen molar-refractivity contribution in [3.63, 3.8) is 0 Å². The molecule has 0 aromatic heterocycles. The molecule has 0 saturated carbocycles. The van der Waals surface area contributed by atoms with Crippen molar-refractivity contribution in [1.29, 1.82) is 0 Å². The smallest absolute Gasteiger partial charge is 0.187 e. The van der Waals surface area contributed by atoms with Crippen LogP contribution in [-0.4, -0.2) is 293 Å². The van der Waals surface area contributed by atoms with Gasteiger partial charge in [0, 0.05) is 107 Å². The van der Waals surface area contributed by atoms with Crippen molar-refractivity contribution in [3.05, 3.63) is 0 Å². The van der Waals surface area contributed by atoms with Crippen molar-refractivity contribution < 1.29 is 118 Å². The highest BCUT2D eigenvalue weighted by molar-refractivity contribution is 5.02.